The van der Waals surface area contributed by atoms with Crippen molar-refractivity contribution in [2.45, 2.75) is 31.2 Å². The summed E-state index contributed by atoms with van der Waals surface area (Å²) in [5.41, 5.74) is 3.19. The molecule has 9 nitrogen and oxygen atoms in total. The van der Waals surface area contributed by atoms with E-state index >= 15 is 0 Å². The van der Waals surface area contributed by atoms with Crippen molar-refractivity contribution in [2.24, 2.45) is 0 Å². The third-order valence-electron chi connectivity index (χ3n) is 7.60. The molecule has 0 unspecified atom stereocenters. The Balaban J connectivity index is 1.22. The normalized spacial score (nSPS) is 20.1. The van der Waals surface area contributed by atoms with E-state index in [4.69, 9.17) is 28.4 Å². The number of aliphatic hydroxyl groups excluding tert-OH is 1. The molecule has 3 aromatic carbocycles. The third kappa shape index (κ3) is 7.93. The number of nitrogens with one attached hydrogen (secondary N) is 1. The van der Waals surface area contributed by atoms with Crippen LogP contribution in [0, 0.1) is 0 Å². The lowest BCUT2D eigenvalue weighted by molar-refractivity contribution is -0.0328. The summed E-state index contributed by atoms with van der Waals surface area (Å²) in [4.78, 5) is 2.35. The Morgan fingerprint density at radius 2 is 1.74 bits per heavy atom. The van der Waals surface area contributed by atoms with Gasteiger partial charge in [0.2, 0.25) is 0 Å². The molecule has 0 aromatic heterocycles. The summed E-state index contributed by atoms with van der Waals surface area (Å²) >= 11 is 0. The Bertz CT molecular complexity index is 1260. The van der Waals surface area contributed by atoms with Crippen LogP contribution in [0.4, 0.5) is 5.69 Å². The minimum atomic E-state index is -0.565. The summed E-state index contributed by atoms with van der Waals surface area (Å²) in [6.45, 7) is 5.82. The van der Waals surface area contributed by atoms with Gasteiger partial charge in [-0.05, 0) is 53.9 Å². The number of hydrogen-bond donors (Lipinski definition) is 2. The number of ether oxygens (including phenoxy) is 6. The van der Waals surface area contributed by atoms with Crippen molar-refractivity contribution in [2.75, 3.05) is 71.7 Å². The number of methoxy groups -OCH3 is 2. The van der Waals surface area contributed by atoms with E-state index < -0.39 is 6.10 Å². The van der Waals surface area contributed by atoms with Crippen LogP contribution in [0.25, 0.3) is 0 Å². The van der Waals surface area contributed by atoms with Crippen molar-refractivity contribution in [3.05, 3.63) is 77.9 Å². The molecular weight excluding hydrogens is 536 g/mol. The standard InChI is InChI=1S/C33H42N2O7/c1-37-15-4-13-35-14-16-40-31-12-7-24(19-29(31)35)23-41-32-22-34-21-30(36)33(32)25-8-10-26(11-9-25)42-28-6-3-5-27(20-28)39-18-17-38-2/h3,5-12,19-20,30,32-34,36H,4,13-18,21-23H2,1-2H3/t30-,32+,33+/m1/s1. The van der Waals surface area contributed by atoms with Gasteiger partial charge in [-0.15, -0.1) is 0 Å². The number of anilines is 1. The van der Waals surface area contributed by atoms with Gasteiger partial charge in [0, 0.05) is 52.4 Å². The van der Waals surface area contributed by atoms with Gasteiger partial charge < -0.3 is 43.7 Å². The molecule has 2 heterocycles. The van der Waals surface area contributed by atoms with Crippen LogP contribution in [0.3, 0.4) is 0 Å². The average molecular weight is 579 g/mol. The highest BCUT2D eigenvalue weighted by Gasteiger charge is 2.34. The zero-order chi connectivity index (χ0) is 29.1. The molecule has 0 saturated carbocycles. The summed E-state index contributed by atoms with van der Waals surface area (Å²) in [5.74, 6) is 2.87. The maximum Gasteiger partial charge on any atom is 0.142 e. The van der Waals surface area contributed by atoms with Gasteiger partial charge >= 0.3 is 0 Å². The minimum absolute atomic E-state index is 0.163. The van der Waals surface area contributed by atoms with Crippen LogP contribution >= 0.6 is 0 Å². The molecule has 3 aromatic rings. The molecule has 0 spiro atoms. The van der Waals surface area contributed by atoms with Gasteiger partial charge in [-0.1, -0.05) is 24.3 Å². The maximum atomic E-state index is 11.0. The smallest absolute Gasteiger partial charge is 0.142 e. The van der Waals surface area contributed by atoms with Gasteiger partial charge in [-0.3, -0.25) is 0 Å². The number of benzene rings is 3. The Kier molecular flexibility index (Phi) is 10.9. The van der Waals surface area contributed by atoms with Gasteiger partial charge in [-0.25, -0.2) is 0 Å². The molecule has 9 heteroatoms. The summed E-state index contributed by atoms with van der Waals surface area (Å²) in [6, 6.07) is 21.7. The molecule has 3 atom stereocenters. The molecule has 1 fully saturated rings. The van der Waals surface area contributed by atoms with E-state index in [1.54, 1.807) is 14.2 Å². The summed E-state index contributed by atoms with van der Waals surface area (Å²) in [6.07, 6.45) is 0.208. The number of hydrogen-bond acceptors (Lipinski definition) is 9. The van der Waals surface area contributed by atoms with Gasteiger partial charge in [0.1, 0.15) is 36.2 Å². The SMILES string of the molecule is COCCCN1CCOc2ccc(CO[C@H]3CNC[C@@H](O)[C@@H]3c3ccc(Oc4cccc(OCCOC)c4)cc3)cc21. The second-order valence-electron chi connectivity index (χ2n) is 10.6. The molecule has 226 valence electrons. The minimum Gasteiger partial charge on any atom is -0.491 e. The number of β-amino-alcohol motifs (C(OH)–C–C–N with tert-alkyl or cyclic N) is 1. The Morgan fingerprint density at radius 1 is 0.905 bits per heavy atom. The van der Waals surface area contributed by atoms with Crippen LogP contribution < -0.4 is 24.4 Å². The second kappa shape index (κ2) is 15.2. The van der Waals surface area contributed by atoms with Crippen molar-refractivity contribution >= 4 is 5.69 Å². The van der Waals surface area contributed by atoms with Crippen LogP contribution in [0.15, 0.2) is 66.7 Å². The Hall–Kier alpha value is -3.34. The zero-order valence-electron chi connectivity index (χ0n) is 24.5. The van der Waals surface area contributed by atoms with Crippen molar-refractivity contribution < 1.29 is 33.5 Å². The molecule has 2 aliphatic rings. The lowest BCUT2D eigenvalue weighted by atomic mass is 9.85. The molecule has 0 amide bonds. The van der Waals surface area contributed by atoms with E-state index in [1.807, 2.05) is 54.6 Å². The first-order valence-electron chi connectivity index (χ1n) is 14.6. The second-order valence-corrected chi connectivity index (χ2v) is 10.6. The summed E-state index contributed by atoms with van der Waals surface area (Å²) in [5, 5.41) is 14.3. The number of rotatable bonds is 14. The summed E-state index contributed by atoms with van der Waals surface area (Å²) in [7, 11) is 3.38. The fraction of sp³-hybridized carbons (Fsp3) is 0.455. The monoisotopic (exact) mass is 578 g/mol. The molecule has 0 aliphatic carbocycles. The van der Waals surface area contributed by atoms with Crippen LogP contribution in [0.2, 0.25) is 0 Å². The van der Waals surface area contributed by atoms with E-state index in [2.05, 4.69) is 22.3 Å². The highest BCUT2D eigenvalue weighted by Crippen LogP contribution is 2.35. The molecule has 42 heavy (non-hydrogen) atoms. The third-order valence-corrected chi connectivity index (χ3v) is 7.60. The quantitative estimate of drug-likeness (QED) is 0.271. The maximum absolute atomic E-state index is 11.0. The first-order valence-corrected chi connectivity index (χ1v) is 14.6. The predicted molar refractivity (Wildman–Crippen MR) is 161 cm³/mol. The Morgan fingerprint density at radius 3 is 2.57 bits per heavy atom. The van der Waals surface area contributed by atoms with Crippen LogP contribution in [0.1, 0.15) is 23.5 Å². The molecule has 2 aliphatic heterocycles. The fourth-order valence-corrected chi connectivity index (χ4v) is 5.48. The molecule has 2 N–H and O–H groups in total. The largest absolute Gasteiger partial charge is 0.491 e. The predicted octanol–water partition coefficient (Wildman–Crippen LogP) is 4.37. The average Bonchev–Trinajstić information content (AvgIpc) is 3.01. The van der Waals surface area contributed by atoms with Gasteiger partial charge in [0.05, 0.1) is 37.7 Å². The van der Waals surface area contributed by atoms with Crippen molar-refractivity contribution in [1.82, 2.24) is 5.32 Å². The van der Waals surface area contributed by atoms with E-state index in [0.29, 0.717) is 51.0 Å². The van der Waals surface area contributed by atoms with E-state index in [-0.39, 0.29) is 12.0 Å². The molecule has 0 radical (unpaired) electrons. The van der Waals surface area contributed by atoms with E-state index in [1.165, 1.54) is 0 Å². The number of nitrogens with zero attached hydrogens (tertiary/aromatic N) is 1. The first kappa shape index (κ1) is 30.1. The number of piperidine rings is 1. The molecule has 5 rings (SSSR count). The van der Waals surface area contributed by atoms with Gasteiger partial charge in [0.25, 0.3) is 0 Å². The van der Waals surface area contributed by atoms with Crippen molar-refractivity contribution in [3.8, 4) is 23.0 Å². The van der Waals surface area contributed by atoms with E-state index in [0.717, 1.165) is 54.4 Å². The fourth-order valence-electron chi connectivity index (χ4n) is 5.48. The van der Waals surface area contributed by atoms with Crippen molar-refractivity contribution in [3.63, 3.8) is 0 Å². The highest BCUT2D eigenvalue weighted by molar-refractivity contribution is 5.61. The van der Waals surface area contributed by atoms with Crippen LogP contribution in [-0.2, 0) is 20.8 Å². The van der Waals surface area contributed by atoms with Crippen LogP contribution in [0.5, 0.6) is 23.0 Å². The zero-order valence-corrected chi connectivity index (χ0v) is 24.5. The lowest BCUT2D eigenvalue weighted by Gasteiger charge is -2.36. The number of fused-ring (bicyclic) bond motifs is 1. The molecule has 0 bridgehead atoms. The topological polar surface area (TPSA) is 90.9 Å². The Labute approximate surface area is 248 Å². The highest BCUT2D eigenvalue weighted by atomic mass is 16.5. The van der Waals surface area contributed by atoms with Crippen molar-refractivity contribution in [1.29, 1.82) is 0 Å². The van der Waals surface area contributed by atoms with Gasteiger partial charge in [-0.2, -0.15) is 0 Å². The summed E-state index contributed by atoms with van der Waals surface area (Å²) < 4.78 is 34.4. The van der Waals surface area contributed by atoms with Gasteiger partial charge in [0.15, 0.2) is 0 Å². The molecule has 1 saturated heterocycles. The number of aliphatic hydroxyl groups is 1. The first-order chi connectivity index (χ1) is 20.6. The van der Waals surface area contributed by atoms with Crippen LogP contribution in [-0.4, -0.2) is 84.1 Å². The van der Waals surface area contributed by atoms with E-state index in [9.17, 15) is 5.11 Å². The molecular formula is C33H42N2O7. The lowest BCUT2D eigenvalue weighted by Crippen LogP contribution is -2.49.